The summed E-state index contributed by atoms with van der Waals surface area (Å²) in [6, 6.07) is 0. The zero-order valence-corrected chi connectivity index (χ0v) is 9.47. The van der Waals surface area contributed by atoms with E-state index in [1.807, 2.05) is 0 Å². The molecule has 0 amide bonds. The van der Waals surface area contributed by atoms with E-state index < -0.39 is 19.8 Å². The van der Waals surface area contributed by atoms with Gasteiger partial charge in [0.25, 0.3) is 0 Å². The summed E-state index contributed by atoms with van der Waals surface area (Å²) in [6.45, 7) is 4.19. The molecule has 0 bridgehead atoms. The van der Waals surface area contributed by atoms with E-state index >= 15 is 0 Å². The molecule has 0 saturated carbocycles. The number of alkyl halides is 1. The predicted molar refractivity (Wildman–Crippen MR) is 63.6 cm³/mol. The Morgan fingerprint density at radius 1 is 1.42 bits per heavy atom. The van der Waals surface area contributed by atoms with Crippen LogP contribution in [0.5, 0.6) is 0 Å². The zero-order valence-electron chi connectivity index (χ0n) is 7.31. The maximum absolute atomic E-state index is 4.19. The molecule has 1 aliphatic heterocycles. The third-order valence-electron chi connectivity index (χ3n) is 2.32. The van der Waals surface area contributed by atoms with Crippen LogP contribution in [0.1, 0.15) is 12.8 Å². The molecule has 0 nitrogen and oxygen atoms in total. The Morgan fingerprint density at radius 2 is 2.25 bits per heavy atom. The standard InChI is InChI=1S/C11H13I/c1-9-11-6-4-3-5-10(11)7-8-12(9)2/h4,6-8H,1,3,5H2,2H3. The summed E-state index contributed by atoms with van der Waals surface area (Å²) in [6.07, 6.45) is 9.28. The fourth-order valence-corrected chi connectivity index (χ4v) is 4.38. The molecule has 0 saturated heterocycles. The van der Waals surface area contributed by atoms with Crippen molar-refractivity contribution < 1.29 is 0 Å². The van der Waals surface area contributed by atoms with Crippen molar-refractivity contribution in [3.63, 3.8) is 0 Å². The molecule has 0 atom stereocenters. The zero-order chi connectivity index (χ0) is 8.55. The van der Waals surface area contributed by atoms with Crippen LogP contribution in [-0.2, 0) is 0 Å². The summed E-state index contributed by atoms with van der Waals surface area (Å²) in [5.41, 5.74) is 2.97. The number of halogens is 1. The van der Waals surface area contributed by atoms with Crippen molar-refractivity contribution in [2.75, 3.05) is 4.93 Å². The fraction of sp³-hybridized carbons (Fsp3) is 0.273. The molecule has 0 aromatic carbocycles. The van der Waals surface area contributed by atoms with Gasteiger partial charge in [-0.2, -0.15) is 0 Å². The summed E-state index contributed by atoms with van der Waals surface area (Å²) in [4.78, 5) is 2.36. The van der Waals surface area contributed by atoms with E-state index in [0.29, 0.717) is 0 Å². The van der Waals surface area contributed by atoms with Crippen LogP contribution in [0, 0.1) is 0 Å². The molecule has 1 heterocycles. The fourth-order valence-electron chi connectivity index (χ4n) is 1.53. The van der Waals surface area contributed by atoms with Gasteiger partial charge in [0.15, 0.2) is 0 Å². The Kier molecular flexibility index (Phi) is 2.22. The van der Waals surface area contributed by atoms with Gasteiger partial charge in [0.05, 0.1) is 0 Å². The van der Waals surface area contributed by atoms with Crippen LogP contribution in [0.2, 0.25) is 0 Å². The van der Waals surface area contributed by atoms with E-state index in [-0.39, 0.29) is 0 Å². The minimum atomic E-state index is -0.932. The van der Waals surface area contributed by atoms with Gasteiger partial charge in [-0.05, 0) is 0 Å². The normalized spacial score (nSPS) is 24.8. The van der Waals surface area contributed by atoms with Crippen molar-refractivity contribution in [3.05, 3.63) is 43.6 Å². The Labute approximate surface area is 81.1 Å². The van der Waals surface area contributed by atoms with Crippen molar-refractivity contribution in [1.29, 1.82) is 0 Å². The molecule has 64 valence electrons. The molecule has 2 rings (SSSR count). The Morgan fingerprint density at radius 3 is 3.08 bits per heavy atom. The van der Waals surface area contributed by atoms with Crippen LogP contribution in [0.3, 0.4) is 0 Å². The molecule has 0 spiro atoms. The summed E-state index contributed by atoms with van der Waals surface area (Å²) >= 11 is -0.932. The van der Waals surface area contributed by atoms with Gasteiger partial charge in [0.2, 0.25) is 0 Å². The van der Waals surface area contributed by atoms with E-state index in [1.54, 1.807) is 0 Å². The van der Waals surface area contributed by atoms with Gasteiger partial charge in [-0.25, -0.2) is 0 Å². The maximum atomic E-state index is 4.19. The number of hydrogen-bond acceptors (Lipinski definition) is 0. The first-order valence-corrected chi connectivity index (χ1v) is 8.63. The Balaban J connectivity index is 2.42. The number of allylic oxidation sites excluding steroid dienone is 6. The quantitative estimate of drug-likeness (QED) is 0.464. The SMILES string of the molecule is C=C1C2=C(C=CI1C)CCC=C2. The average Bonchev–Trinajstić information content (AvgIpc) is 2.12. The van der Waals surface area contributed by atoms with E-state index in [2.05, 4.69) is 33.8 Å². The van der Waals surface area contributed by atoms with Crippen LogP contribution < -0.4 is 0 Å². The first-order valence-electron chi connectivity index (χ1n) is 4.14. The summed E-state index contributed by atoms with van der Waals surface area (Å²) < 4.78 is 3.84. The molecule has 0 N–H and O–H groups in total. The van der Waals surface area contributed by atoms with E-state index in [0.717, 1.165) is 0 Å². The topological polar surface area (TPSA) is 0 Å². The summed E-state index contributed by atoms with van der Waals surface area (Å²) in [5.74, 6) is 0. The summed E-state index contributed by atoms with van der Waals surface area (Å²) in [7, 11) is 0. The first kappa shape index (κ1) is 8.30. The second kappa shape index (κ2) is 3.21. The molecule has 1 aliphatic carbocycles. The Bertz CT molecular complexity index is 305. The van der Waals surface area contributed by atoms with Crippen molar-refractivity contribution in [3.8, 4) is 0 Å². The second-order valence-corrected chi connectivity index (χ2v) is 8.06. The van der Waals surface area contributed by atoms with E-state index in [4.69, 9.17) is 0 Å². The molecule has 0 fully saturated rings. The molecule has 12 heavy (non-hydrogen) atoms. The summed E-state index contributed by atoms with van der Waals surface area (Å²) in [5, 5.41) is 0. The molecule has 0 unspecified atom stereocenters. The van der Waals surface area contributed by atoms with E-state index in [9.17, 15) is 0 Å². The minimum absolute atomic E-state index is 0.932. The van der Waals surface area contributed by atoms with Gasteiger partial charge < -0.3 is 0 Å². The van der Waals surface area contributed by atoms with Crippen LogP contribution in [0.15, 0.2) is 43.6 Å². The van der Waals surface area contributed by atoms with Crippen molar-refractivity contribution in [1.82, 2.24) is 0 Å². The van der Waals surface area contributed by atoms with Gasteiger partial charge in [0, 0.05) is 0 Å². The number of hydrogen-bond donors (Lipinski definition) is 0. The molecule has 0 aromatic rings. The molecular weight excluding hydrogens is 259 g/mol. The van der Waals surface area contributed by atoms with Crippen LogP contribution in [0.4, 0.5) is 0 Å². The van der Waals surface area contributed by atoms with Gasteiger partial charge in [-0.1, -0.05) is 0 Å². The van der Waals surface area contributed by atoms with Crippen LogP contribution >= 0.6 is 19.8 Å². The van der Waals surface area contributed by atoms with Crippen LogP contribution in [0.25, 0.3) is 0 Å². The molecule has 2 aliphatic rings. The predicted octanol–water partition coefficient (Wildman–Crippen LogP) is 3.81. The molecule has 0 radical (unpaired) electrons. The third kappa shape index (κ3) is 1.30. The number of rotatable bonds is 0. The average molecular weight is 272 g/mol. The van der Waals surface area contributed by atoms with Gasteiger partial charge in [-0.15, -0.1) is 0 Å². The third-order valence-corrected chi connectivity index (χ3v) is 6.39. The van der Waals surface area contributed by atoms with E-state index in [1.165, 1.54) is 27.6 Å². The van der Waals surface area contributed by atoms with Crippen LogP contribution in [-0.4, -0.2) is 4.93 Å². The van der Waals surface area contributed by atoms with Gasteiger partial charge >= 0.3 is 81.2 Å². The monoisotopic (exact) mass is 272 g/mol. The molecule has 1 heteroatoms. The molecular formula is C11H13I. The molecule has 0 aromatic heterocycles. The van der Waals surface area contributed by atoms with Gasteiger partial charge in [0.1, 0.15) is 0 Å². The van der Waals surface area contributed by atoms with Crippen molar-refractivity contribution >= 4 is 19.8 Å². The van der Waals surface area contributed by atoms with Crippen molar-refractivity contribution in [2.24, 2.45) is 0 Å². The van der Waals surface area contributed by atoms with Gasteiger partial charge in [-0.3, -0.25) is 0 Å². The van der Waals surface area contributed by atoms with Crippen molar-refractivity contribution in [2.45, 2.75) is 12.8 Å². The Hall–Kier alpha value is -0.310. The second-order valence-electron chi connectivity index (χ2n) is 3.09. The first-order chi connectivity index (χ1) is 5.79.